The molecule has 1 atom stereocenters. The highest BCUT2D eigenvalue weighted by Gasteiger charge is 2.24. The lowest BCUT2D eigenvalue weighted by Gasteiger charge is -2.34. The lowest BCUT2D eigenvalue weighted by molar-refractivity contribution is 0.198. The Hall–Kier alpha value is -3.74. The molecule has 2 aliphatic rings. The molecule has 2 fully saturated rings. The van der Waals surface area contributed by atoms with Crippen LogP contribution >= 0.6 is 11.3 Å². The fourth-order valence-corrected chi connectivity index (χ4v) is 5.74. The summed E-state index contributed by atoms with van der Waals surface area (Å²) >= 11 is 1.53. The summed E-state index contributed by atoms with van der Waals surface area (Å²) in [6.07, 6.45) is 7.02. The summed E-state index contributed by atoms with van der Waals surface area (Å²) in [5, 5.41) is 14.1. The fraction of sp³-hybridized carbons (Fsp3) is 0.385. The van der Waals surface area contributed by atoms with Crippen molar-refractivity contribution in [3.8, 4) is 27.6 Å². The molecule has 2 N–H and O–H groups in total. The highest BCUT2D eigenvalue weighted by molar-refractivity contribution is 7.18. The third-order valence-electron chi connectivity index (χ3n) is 6.93. The van der Waals surface area contributed by atoms with Crippen LogP contribution in [0.3, 0.4) is 0 Å². The summed E-state index contributed by atoms with van der Waals surface area (Å²) in [6, 6.07) is 6.08. The Bertz CT molecular complexity index is 1390. The number of piperazine rings is 1. The molecule has 0 spiro atoms. The van der Waals surface area contributed by atoms with Crippen molar-refractivity contribution in [1.82, 2.24) is 24.8 Å². The molecule has 4 aromatic rings. The molecule has 1 aromatic carbocycles. The van der Waals surface area contributed by atoms with Gasteiger partial charge in [0.2, 0.25) is 5.95 Å². The standard InChI is InChI=1S/C26H30N8O3S/c1-32-7-9-33(10-8-32)20-4-3-17(11-21(20)36-2)30-25-28-12-19(22-13-27-16-37-22)24(31-25)23-14-29-26(38-23)34-6-5-18(35)15-34/h3-4,11-14,16,18,35H,5-10,15H2,1-2H3,(H,28,30,31)/t18-/m0/s1. The summed E-state index contributed by atoms with van der Waals surface area (Å²) in [7, 11) is 3.84. The Morgan fingerprint density at radius 3 is 2.68 bits per heavy atom. The number of anilines is 4. The van der Waals surface area contributed by atoms with Gasteiger partial charge < -0.3 is 34.3 Å². The number of hydrogen-bond donors (Lipinski definition) is 2. The molecule has 198 valence electrons. The number of β-amino-alcohol motifs (C(OH)–C–C–N with tert-alkyl or cyclic N) is 1. The van der Waals surface area contributed by atoms with E-state index < -0.39 is 0 Å². The SMILES string of the molecule is COc1cc(Nc2ncc(-c3cnco3)c(-c3cnc(N4CC[C@H](O)C4)s3)n2)ccc1N1CCN(C)CC1. The van der Waals surface area contributed by atoms with Gasteiger partial charge in [-0.05, 0) is 25.6 Å². The van der Waals surface area contributed by atoms with E-state index in [2.05, 4.69) is 48.1 Å². The van der Waals surface area contributed by atoms with Crippen LogP contribution in [-0.4, -0.2) is 89.5 Å². The molecule has 0 radical (unpaired) electrons. The maximum absolute atomic E-state index is 9.94. The van der Waals surface area contributed by atoms with Crippen LogP contribution in [0.4, 0.5) is 22.5 Å². The van der Waals surface area contributed by atoms with E-state index in [9.17, 15) is 5.11 Å². The first-order valence-electron chi connectivity index (χ1n) is 12.6. The third-order valence-corrected chi connectivity index (χ3v) is 7.99. The van der Waals surface area contributed by atoms with Crippen LogP contribution in [0.1, 0.15) is 6.42 Å². The first-order chi connectivity index (χ1) is 18.6. The lowest BCUT2D eigenvalue weighted by Crippen LogP contribution is -2.44. The van der Waals surface area contributed by atoms with Crippen LogP contribution in [0.2, 0.25) is 0 Å². The normalized spacial score (nSPS) is 18.2. The quantitative estimate of drug-likeness (QED) is 0.364. The zero-order valence-corrected chi connectivity index (χ0v) is 22.2. The van der Waals surface area contributed by atoms with E-state index in [1.54, 1.807) is 19.5 Å². The summed E-state index contributed by atoms with van der Waals surface area (Å²) in [6.45, 7) is 5.34. The number of ether oxygens (including phenoxy) is 1. The Labute approximate surface area is 224 Å². The predicted octanol–water partition coefficient (Wildman–Crippen LogP) is 3.33. The molecule has 0 bridgehead atoms. The van der Waals surface area contributed by atoms with E-state index >= 15 is 0 Å². The molecule has 12 heteroatoms. The molecule has 38 heavy (non-hydrogen) atoms. The number of hydrogen-bond acceptors (Lipinski definition) is 12. The zero-order valence-electron chi connectivity index (χ0n) is 21.4. The highest BCUT2D eigenvalue weighted by atomic mass is 32.1. The Morgan fingerprint density at radius 2 is 1.95 bits per heavy atom. The second-order valence-corrected chi connectivity index (χ2v) is 10.5. The molecule has 0 aliphatic carbocycles. The van der Waals surface area contributed by atoms with Gasteiger partial charge in [-0.2, -0.15) is 0 Å². The van der Waals surface area contributed by atoms with Crippen LogP contribution in [0.15, 0.2) is 47.6 Å². The minimum absolute atomic E-state index is 0.318. The van der Waals surface area contributed by atoms with Gasteiger partial charge in [-0.15, -0.1) is 0 Å². The summed E-state index contributed by atoms with van der Waals surface area (Å²) < 4.78 is 11.3. The number of aliphatic hydroxyl groups excluding tert-OH is 1. The second-order valence-electron chi connectivity index (χ2n) is 9.52. The topological polar surface area (TPSA) is 116 Å². The van der Waals surface area contributed by atoms with Gasteiger partial charge in [0.25, 0.3) is 0 Å². The average molecular weight is 535 g/mol. The van der Waals surface area contributed by atoms with Crippen LogP contribution in [0.25, 0.3) is 21.9 Å². The summed E-state index contributed by atoms with van der Waals surface area (Å²) in [5.41, 5.74) is 3.34. The van der Waals surface area contributed by atoms with Crippen molar-refractivity contribution in [2.75, 3.05) is 68.5 Å². The zero-order chi connectivity index (χ0) is 26.1. The van der Waals surface area contributed by atoms with Gasteiger partial charge in [0, 0.05) is 63.4 Å². The van der Waals surface area contributed by atoms with Gasteiger partial charge in [0.1, 0.15) is 5.75 Å². The average Bonchev–Trinajstić information content (AvgIpc) is 3.71. The molecule has 11 nitrogen and oxygen atoms in total. The maximum Gasteiger partial charge on any atom is 0.227 e. The van der Waals surface area contributed by atoms with Crippen molar-refractivity contribution in [2.24, 2.45) is 0 Å². The molecule has 2 saturated heterocycles. The Kier molecular flexibility index (Phi) is 6.83. The molecule has 5 heterocycles. The minimum Gasteiger partial charge on any atom is -0.495 e. The van der Waals surface area contributed by atoms with Gasteiger partial charge >= 0.3 is 0 Å². The van der Waals surface area contributed by atoms with E-state index in [1.165, 1.54) is 17.7 Å². The summed E-state index contributed by atoms with van der Waals surface area (Å²) in [4.78, 5) is 25.7. The van der Waals surface area contributed by atoms with E-state index in [1.807, 2.05) is 18.3 Å². The predicted molar refractivity (Wildman–Crippen MR) is 147 cm³/mol. The van der Waals surface area contributed by atoms with Gasteiger partial charge in [0.05, 0.1) is 41.2 Å². The fourth-order valence-electron chi connectivity index (χ4n) is 4.79. The van der Waals surface area contributed by atoms with Gasteiger partial charge in [-0.1, -0.05) is 11.3 Å². The van der Waals surface area contributed by atoms with Crippen molar-refractivity contribution in [1.29, 1.82) is 0 Å². The van der Waals surface area contributed by atoms with Gasteiger partial charge in [-0.3, -0.25) is 0 Å². The molecular weight excluding hydrogens is 504 g/mol. The molecule has 0 unspecified atom stereocenters. The molecule has 0 saturated carbocycles. The van der Waals surface area contributed by atoms with Crippen molar-refractivity contribution in [3.05, 3.63) is 43.2 Å². The van der Waals surface area contributed by atoms with Crippen molar-refractivity contribution in [2.45, 2.75) is 12.5 Å². The minimum atomic E-state index is -0.318. The van der Waals surface area contributed by atoms with Crippen molar-refractivity contribution in [3.63, 3.8) is 0 Å². The second kappa shape index (κ2) is 10.6. The van der Waals surface area contributed by atoms with Crippen LogP contribution in [0.5, 0.6) is 5.75 Å². The summed E-state index contributed by atoms with van der Waals surface area (Å²) in [5.74, 6) is 1.83. The molecule has 6 rings (SSSR count). The number of oxazole rings is 1. The van der Waals surface area contributed by atoms with Gasteiger partial charge in [0.15, 0.2) is 17.3 Å². The number of benzene rings is 1. The number of methoxy groups -OCH3 is 1. The number of likely N-dealkylation sites (N-methyl/N-ethyl adjacent to an activating group) is 1. The van der Waals surface area contributed by atoms with E-state index in [-0.39, 0.29) is 6.10 Å². The highest BCUT2D eigenvalue weighted by Crippen LogP contribution is 2.38. The number of nitrogens with zero attached hydrogens (tertiary/aromatic N) is 7. The molecular formula is C26H30N8O3S. The number of nitrogens with one attached hydrogen (secondary N) is 1. The van der Waals surface area contributed by atoms with Gasteiger partial charge in [-0.25, -0.2) is 19.9 Å². The largest absolute Gasteiger partial charge is 0.495 e. The number of thiazole rings is 1. The lowest BCUT2D eigenvalue weighted by atomic mass is 10.2. The van der Waals surface area contributed by atoms with Crippen molar-refractivity contribution < 1.29 is 14.3 Å². The third kappa shape index (κ3) is 5.02. The first kappa shape index (κ1) is 24.6. The maximum atomic E-state index is 9.94. The number of aliphatic hydroxyl groups is 1. The number of aromatic nitrogens is 4. The van der Waals surface area contributed by atoms with Crippen LogP contribution < -0.4 is 19.9 Å². The van der Waals surface area contributed by atoms with Crippen LogP contribution in [0, 0.1) is 0 Å². The molecule has 0 amide bonds. The molecule has 2 aliphatic heterocycles. The van der Waals surface area contributed by atoms with E-state index in [0.29, 0.717) is 23.9 Å². The Morgan fingerprint density at radius 1 is 1.08 bits per heavy atom. The molecule has 3 aromatic heterocycles. The monoisotopic (exact) mass is 534 g/mol. The van der Waals surface area contributed by atoms with E-state index in [4.69, 9.17) is 14.1 Å². The van der Waals surface area contributed by atoms with Crippen LogP contribution in [-0.2, 0) is 0 Å². The van der Waals surface area contributed by atoms with Crippen molar-refractivity contribution >= 4 is 33.8 Å². The smallest absolute Gasteiger partial charge is 0.227 e. The van der Waals surface area contributed by atoms with E-state index in [0.717, 1.165) is 71.8 Å². The number of rotatable bonds is 7. The Balaban J connectivity index is 1.29. The first-order valence-corrected chi connectivity index (χ1v) is 13.4.